The summed E-state index contributed by atoms with van der Waals surface area (Å²) in [4.78, 5) is 0. The van der Waals surface area contributed by atoms with Gasteiger partial charge in [-0.2, -0.15) is 0 Å². The molecule has 0 aliphatic heterocycles. The highest BCUT2D eigenvalue weighted by molar-refractivity contribution is 9.10. The molecule has 21 heavy (non-hydrogen) atoms. The molecule has 0 radical (unpaired) electrons. The van der Waals surface area contributed by atoms with E-state index in [1.807, 2.05) is 19.1 Å². The largest absolute Gasteiger partial charge is 0.457 e. The van der Waals surface area contributed by atoms with Gasteiger partial charge in [-0.3, -0.25) is 0 Å². The van der Waals surface area contributed by atoms with Crippen molar-refractivity contribution in [2.45, 2.75) is 40.2 Å². The van der Waals surface area contributed by atoms with Gasteiger partial charge in [0.05, 0.1) is 0 Å². The maximum absolute atomic E-state index is 6.18. The first-order valence-corrected chi connectivity index (χ1v) is 7.96. The van der Waals surface area contributed by atoms with Crippen LogP contribution in [-0.2, 0) is 6.42 Å². The Morgan fingerprint density at radius 2 is 1.81 bits per heavy atom. The summed E-state index contributed by atoms with van der Waals surface area (Å²) < 4.78 is 7.23. The average Bonchev–Trinajstić information content (AvgIpc) is 2.37. The minimum atomic E-state index is 0.0991. The predicted octanol–water partition coefficient (Wildman–Crippen LogP) is 5.06. The quantitative estimate of drug-likeness (QED) is 0.839. The number of hydrogen-bond donors (Lipinski definition) is 1. The molecule has 0 aliphatic carbocycles. The van der Waals surface area contributed by atoms with E-state index in [2.05, 4.69) is 54.9 Å². The zero-order chi connectivity index (χ0) is 15.6. The third-order valence-electron chi connectivity index (χ3n) is 3.55. The first kappa shape index (κ1) is 16.1. The maximum atomic E-state index is 6.18. The molecule has 2 N–H and O–H groups in total. The van der Waals surface area contributed by atoms with E-state index in [-0.39, 0.29) is 6.04 Å². The second kappa shape index (κ2) is 6.63. The van der Waals surface area contributed by atoms with Crippen LogP contribution in [0.15, 0.2) is 34.8 Å². The SMILES string of the molecule is Cc1cc(C)c(C)c(Oc2ccc(Br)cc2CC(C)N)c1. The Balaban J connectivity index is 2.40. The molecule has 0 aromatic heterocycles. The molecule has 0 spiro atoms. The molecule has 2 rings (SSSR count). The molecule has 2 aromatic carbocycles. The second-order valence-electron chi connectivity index (χ2n) is 5.74. The highest BCUT2D eigenvalue weighted by Crippen LogP contribution is 2.32. The molecule has 3 heteroatoms. The lowest BCUT2D eigenvalue weighted by Crippen LogP contribution is -2.18. The fourth-order valence-corrected chi connectivity index (χ4v) is 2.79. The van der Waals surface area contributed by atoms with E-state index in [0.717, 1.165) is 28.0 Å². The summed E-state index contributed by atoms with van der Waals surface area (Å²) in [5.41, 5.74) is 10.7. The van der Waals surface area contributed by atoms with Crippen molar-refractivity contribution in [1.82, 2.24) is 0 Å². The monoisotopic (exact) mass is 347 g/mol. The van der Waals surface area contributed by atoms with Crippen LogP contribution in [0, 0.1) is 20.8 Å². The Morgan fingerprint density at radius 3 is 2.48 bits per heavy atom. The molecule has 1 atom stereocenters. The number of halogens is 1. The summed E-state index contributed by atoms with van der Waals surface area (Å²) in [5, 5.41) is 0. The molecule has 1 unspecified atom stereocenters. The summed E-state index contributed by atoms with van der Waals surface area (Å²) in [5.74, 6) is 1.80. The third kappa shape index (κ3) is 4.08. The van der Waals surface area contributed by atoms with Gasteiger partial charge in [0.2, 0.25) is 0 Å². The van der Waals surface area contributed by atoms with Crippen molar-refractivity contribution in [1.29, 1.82) is 0 Å². The van der Waals surface area contributed by atoms with Gasteiger partial charge in [0, 0.05) is 10.5 Å². The van der Waals surface area contributed by atoms with E-state index in [9.17, 15) is 0 Å². The topological polar surface area (TPSA) is 35.2 Å². The molecule has 0 saturated heterocycles. The fourth-order valence-electron chi connectivity index (χ4n) is 2.38. The number of rotatable bonds is 4. The Bertz CT molecular complexity index is 650. The van der Waals surface area contributed by atoms with Crippen LogP contribution in [0.3, 0.4) is 0 Å². The molecule has 112 valence electrons. The standard InChI is InChI=1S/C18H22BrNO/c1-11-7-12(2)14(4)18(8-11)21-17-6-5-16(19)10-15(17)9-13(3)20/h5-8,10,13H,9,20H2,1-4H3. The van der Waals surface area contributed by atoms with Crippen LogP contribution in [0.4, 0.5) is 0 Å². The normalized spacial score (nSPS) is 12.3. The van der Waals surface area contributed by atoms with Crippen molar-refractivity contribution >= 4 is 15.9 Å². The molecule has 0 fully saturated rings. The van der Waals surface area contributed by atoms with Crippen LogP contribution in [0.25, 0.3) is 0 Å². The molecule has 0 aliphatic rings. The van der Waals surface area contributed by atoms with E-state index >= 15 is 0 Å². The molecule has 0 bridgehead atoms. The number of hydrogen-bond acceptors (Lipinski definition) is 2. The lowest BCUT2D eigenvalue weighted by atomic mass is 10.0. The first-order chi connectivity index (χ1) is 9.86. The van der Waals surface area contributed by atoms with Crippen molar-refractivity contribution in [3.05, 3.63) is 57.1 Å². The van der Waals surface area contributed by atoms with Crippen LogP contribution < -0.4 is 10.5 Å². The fraction of sp³-hybridized carbons (Fsp3) is 0.333. The van der Waals surface area contributed by atoms with Gasteiger partial charge in [0.25, 0.3) is 0 Å². The number of aryl methyl sites for hydroxylation is 2. The van der Waals surface area contributed by atoms with Gasteiger partial charge in [0.15, 0.2) is 0 Å². The van der Waals surface area contributed by atoms with Crippen molar-refractivity contribution in [3.8, 4) is 11.5 Å². The zero-order valence-electron chi connectivity index (χ0n) is 13.0. The van der Waals surface area contributed by atoms with Gasteiger partial charge in [-0.05, 0) is 80.6 Å². The van der Waals surface area contributed by atoms with E-state index in [0.29, 0.717) is 0 Å². The number of benzene rings is 2. The minimum absolute atomic E-state index is 0.0991. The highest BCUT2D eigenvalue weighted by atomic mass is 79.9. The first-order valence-electron chi connectivity index (χ1n) is 7.16. The maximum Gasteiger partial charge on any atom is 0.130 e. The smallest absolute Gasteiger partial charge is 0.130 e. The van der Waals surface area contributed by atoms with E-state index in [1.54, 1.807) is 0 Å². The molecule has 0 amide bonds. The van der Waals surface area contributed by atoms with Gasteiger partial charge in [0.1, 0.15) is 11.5 Å². The van der Waals surface area contributed by atoms with Crippen molar-refractivity contribution in [2.24, 2.45) is 5.73 Å². The average molecular weight is 348 g/mol. The Kier molecular flexibility index (Phi) is 5.07. The summed E-state index contributed by atoms with van der Waals surface area (Å²) >= 11 is 3.51. The summed E-state index contributed by atoms with van der Waals surface area (Å²) in [6.45, 7) is 8.30. The summed E-state index contributed by atoms with van der Waals surface area (Å²) in [6.07, 6.45) is 0.790. The molecule has 0 heterocycles. The van der Waals surface area contributed by atoms with Crippen molar-refractivity contribution in [2.75, 3.05) is 0 Å². The Hall–Kier alpha value is -1.32. The molecule has 2 aromatic rings. The van der Waals surface area contributed by atoms with Gasteiger partial charge >= 0.3 is 0 Å². The van der Waals surface area contributed by atoms with Crippen LogP contribution in [0.2, 0.25) is 0 Å². The van der Waals surface area contributed by atoms with E-state index < -0.39 is 0 Å². The number of nitrogens with two attached hydrogens (primary N) is 1. The Labute approximate surface area is 135 Å². The van der Waals surface area contributed by atoms with Crippen LogP contribution in [0.5, 0.6) is 11.5 Å². The summed E-state index contributed by atoms with van der Waals surface area (Å²) in [7, 11) is 0. The van der Waals surface area contributed by atoms with Gasteiger partial charge < -0.3 is 10.5 Å². The highest BCUT2D eigenvalue weighted by Gasteiger charge is 2.11. The summed E-state index contributed by atoms with van der Waals surface area (Å²) in [6, 6.07) is 10.4. The molecule has 2 nitrogen and oxygen atoms in total. The lowest BCUT2D eigenvalue weighted by molar-refractivity contribution is 0.469. The molecule has 0 saturated carbocycles. The van der Waals surface area contributed by atoms with Crippen molar-refractivity contribution in [3.63, 3.8) is 0 Å². The third-order valence-corrected chi connectivity index (χ3v) is 4.04. The molecular weight excluding hydrogens is 326 g/mol. The van der Waals surface area contributed by atoms with Crippen LogP contribution >= 0.6 is 15.9 Å². The lowest BCUT2D eigenvalue weighted by Gasteiger charge is -2.16. The van der Waals surface area contributed by atoms with Gasteiger partial charge in [-0.1, -0.05) is 22.0 Å². The zero-order valence-corrected chi connectivity index (χ0v) is 14.6. The minimum Gasteiger partial charge on any atom is -0.457 e. The van der Waals surface area contributed by atoms with E-state index in [4.69, 9.17) is 10.5 Å². The van der Waals surface area contributed by atoms with Crippen molar-refractivity contribution < 1.29 is 4.74 Å². The second-order valence-corrected chi connectivity index (χ2v) is 6.66. The number of ether oxygens (including phenoxy) is 1. The van der Waals surface area contributed by atoms with Crippen LogP contribution in [-0.4, -0.2) is 6.04 Å². The van der Waals surface area contributed by atoms with Gasteiger partial charge in [-0.25, -0.2) is 0 Å². The van der Waals surface area contributed by atoms with E-state index in [1.165, 1.54) is 16.7 Å². The Morgan fingerprint density at radius 1 is 1.10 bits per heavy atom. The van der Waals surface area contributed by atoms with Gasteiger partial charge in [-0.15, -0.1) is 0 Å². The predicted molar refractivity (Wildman–Crippen MR) is 92.2 cm³/mol. The van der Waals surface area contributed by atoms with Crippen LogP contribution in [0.1, 0.15) is 29.2 Å². The molecular formula is C18H22BrNO.